The summed E-state index contributed by atoms with van der Waals surface area (Å²) in [6, 6.07) is 4.40. The maximum absolute atomic E-state index is 5.70. The Bertz CT molecular complexity index is 388. The molecule has 0 amide bonds. The van der Waals surface area contributed by atoms with Gasteiger partial charge in [-0.05, 0) is 43.7 Å². The molecule has 102 valence electrons. The van der Waals surface area contributed by atoms with Crippen LogP contribution in [0.25, 0.3) is 0 Å². The summed E-state index contributed by atoms with van der Waals surface area (Å²) in [7, 11) is 1.72. The molecule has 0 heterocycles. The minimum Gasteiger partial charge on any atom is -0.496 e. The summed E-state index contributed by atoms with van der Waals surface area (Å²) in [5.74, 6) is 7.34. The smallest absolute Gasteiger partial charge is 0.126 e. The van der Waals surface area contributed by atoms with Crippen molar-refractivity contribution in [2.45, 2.75) is 46.6 Å². The Hall–Kier alpha value is -1.06. The first-order valence-electron chi connectivity index (χ1n) is 6.61. The van der Waals surface area contributed by atoms with Crippen molar-refractivity contribution in [3.05, 3.63) is 28.8 Å². The second-order valence-corrected chi connectivity index (χ2v) is 5.32. The van der Waals surface area contributed by atoms with E-state index in [0.717, 1.165) is 24.2 Å². The van der Waals surface area contributed by atoms with Crippen LogP contribution < -0.4 is 16.0 Å². The molecule has 3 heteroatoms. The van der Waals surface area contributed by atoms with Gasteiger partial charge in [0.25, 0.3) is 0 Å². The molecule has 0 fully saturated rings. The van der Waals surface area contributed by atoms with Gasteiger partial charge < -0.3 is 4.74 Å². The van der Waals surface area contributed by atoms with Crippen LogP contribution in [0.4, 0.5) is 0 Å². The summed E-state index contributed by atoms with van der Waals surface area (Å²) in [4.78, 5) is 0. The molecule has 1 atom stereocenters. The molecular weight excluding hydrogens is 224 g/mol. The second kappa shape index (κ2) is 6.76. The Morgan fingerprint density at radius 3 is 2.39 bits per heavy atom. The highest BCUT2D eigenvalue weighted by Crippen LogP contribution is 2.33. The number of rotatable bonds is 6. The highest BCUT2D eigenvalue weighted by molar-refractivity contribution is 5.46. The molecule has 1 aromatic rings. The number of nitrogens with two attached hydrogens (primary N) is 1. The Kier molecular flexibility index (Phi) is 5.63. The van der Waals surface area contributed by atoms with Gasteiger partial charge in [0.15, 0.2) is 0 Å². The van der Waals surface area contributed by atoms with E-state index in [9.17, 15) is 0 Å². The maximum atomic E-state index is 5.70. The molecule has 1 aromatic carbocycles. The lowest BCUT2D eigenvalue weighted by atomic mass is 9.94. The summed E-state index contributed by atoms with van der Waals surface area (Å²) in [5.41, 5.74) is 6.51. The molecule has 1 unspecified atom stereocenters. The first-order chi connectivity index (χ1) is 8.51. The Morgan fingerprint density at radius 2 is 1.89 bits per heavy atom. The molecular formula is C15H26N2O. The molecule has 0 spiro atoms. The zero-order valence-electron chi connectivity index (χ0n) is 12.2. The Balaban J connectivity index is 3.01. The lowest BCUT2D eigenvalue weighted by Crippen LogP contribution is -2.28. The number of benzene rings is 1. The van der Waals surface area contributed by atoms with Crippen molar-refractivity contribution in [2.75, 3.05) is 7.11 Å². The van der Waals surface area contributed by atoms with Gasteiger partial charge in [-0.2, -0.15) is 0 Å². The van der Waals surface area contributed by atoms with Gasteiger partial charge in [-0.3, -0.25) is 11.3 Å². The molecule has 0 radical (unpaired) electrons. The molecule has 0 aliphatic heterocycles. The van der Waals surface area contributed by atoms with E-state index in [4.69, 9.17) is 10.6 Å². The molecule has 18 heavy (non-hydrogen) atoms. The van der Waals surface area contributed by atoms with Crippen molar-refractivity contribution < 1.29 is 4.74 Å². The van der Waals surface area contributed by atoms with Gasteiger partial charge in [0.05, 0.1) is 7.11 Å². The van der Waals surface area contributed by atoms with E-state index in [1.54, 1.807) is 7.11 Å². The standard InChI is InChI=1S/C15H26N2O/c1-10(2)6-9-14(17-16)13-8-7-11(3)12(4)15(13)18-5/h7-8,10,14,17H,6,9,16H2,1-5H3. The van der Waals surface area contributed by atoms with Crippen LogP contribution in [-0.4, -0.2) is 7.11 Å². The van der Waals surface area contributed by atoms with E-state index in [2.05, 4.69) is 45.3 Å². The van der Waals surface area contributed by atoms with E-state index in [1.165, 1.54) is 11.1 Å². The van der Waals surface area contributed by atoms with Crippen LogP contribution in [0.15, 0.2) is 12.1 Å². The van der Waals surface area contributed by atoms with Gasteiger partial charge in [0, 0.05) is 11.6 Å². The van der Waals surface area contributed by atoms with E-state index >= 15 is 0 Å². The second-order valence-electron chi connectivity index (χ2n) is 5.32. The van der Waals surface area contributed by atoms with Gasteiger partial charge in [0.1, 0.15) is 5.75 Å². The van der Waals surface area contributed by atoms with Crippen LogP contribution in [-0.2, 0) is 0 Å². The molecule has 0 aromatic heterocycles. The highest BCUT2D eigenvalue weighted by Gasteiger charge is 2.17. The van der Waals surface area contributed by atoms with Gasteiger partial charge in [-0.25, -0.2) is 0 Å². The van der Waals surface area contributed by atoms with Crippen molar-refractivity contribution in [1.82, 2.24) is 5.43 Å². The molecule has 0 saturated heterocycles. The van der Waals surface area contributed by atoms with Crippen LogP contribution in [0.5, 0.6) is 5.75 Å². The molecule has 3 nitrogen and oxygen atoms in total. The van der Waals surface area contributed by atoms with E-state index in [0.29, 0.717) is 5.92 Å². The fraction of sp³-hybridized carbons (Fsp3) is 0.600. The molecule has 0 aliphatic rings. The van der Waals surface area contributed by atoms with Gasteiger partial charge >= 0.3 is 0 Å². The predicted molar refractivity (Wildman–Crippen MR) is 76.6 cm³/mol. The number of ether oxygens (including phenoxy) is 1. The zero-order valence-corrected chi connectivity index (χ0v) is 12.2. The third-order valence-electron chi connectivity index (χ3n) is 3.52. The normalized spacial score (nSPS) is 12.8. The van der Waals surface area contributed by atoms with Crippen molar-refractivity contribution >= 4 is 0 Å². The van der Waals surface area contributed by atoms with Crippen molar-refractivity contribution in [3.8, 4) is 5.75 Å². The number of methoxy groups -OCH3 is 1. The largest absolute Gasteiger partial charge is 0.496 e. The number of hydrogen-bond acceptors (Lipinski definition) is 3. The van der Waals surface area contributed by atoms with Gasteiger partial charge in [-0.1, -0.05) is 26.0 Å². The predicted octanol–water partition coefficient (Wildman–Crippen LogP) is 3.25. The average molecular weight is 250 g/mol. The number of nitrogens with one attached hydrogen (secondary N) is 1. The number of hydrogen-bond donors (Lipinski definition) is 2. The first-order valence-corrected chi connectivity index (χ1v) is 6.61. The fourth-order valence-corrected chi connectivity index (χ4v) is 2.19. The minimum absolute atomic E-state index is 0.154. The fourth-order valence-electron chi connectivity index (χ4n) is 2.19. The third-order valence-corrected chi connectivity index (χ3v) is 3.52. The molecule has 0 bridgehead atoms. The topological polar surface area (TPSA) is 47.3 Å². The maximum Gasteiger partial charge on any atom is 0.126 e. The van der Waals surface area contributed by atoms with Crippen molar-refractivity contribution in [2.24, 2.45) is 11.8 Å². The first kappa shape index (κ1) is 15.0. The lowest BCUT2D eigenvalue weighted by Gasteiger charge is -2.22. The van der Waals surface area contributed by atoms with Crippen LogP contribution in [0, 0.1) is 19.8 Å². The SMILES string of the molecule is COc1c(C(CCC(C)C)NN)ccc(C)c1C. The summed E-state index contributed by atoms with van der Waals surface area (Å²) >= 11 is 0. The highest BCUT2D eigenvalue weighted by atomic mass is 16.5. The molecule has 0 aliphatic carbocycles. The molecule has 1 rings (SSSR count). The van der Waals surface area contributed by atoms with Crippen LogP contribution in [0.2, 0.25) is 0 Å². The Labute approximate surface area is 111 Å². The van der Waals surface area contributed by atoms with Crippen LogP contribution in [0.1, 0.15) is 49.4 Å². The third kappa shape index (κ3) is 3.47. The number of aryl methyl sites for hydroxylation is 1. The van der Waals surface area contributed by atoms with Crippen molar-refractivity contribution in [1.29, 1.82) is 0 Å². The van der Waals surface area contributed by atoms with Crippen molar-refractivity contribution in [3.63, 3.8) is 0 Å². The number of hydrazine groups is 1. The monoisotopic (exact) mass is 250 g/mol. The molecule has 0 saturated carbocycles. The Morgan fingerprint density at radius 1 is 1.22 bits per heavy atom. The van der Waals surface area contributed by atoms with E-state index < -0.39 is 0 Å². The van der Waals surface area contributed by atoms with Crippen LogP contribution >= 0.6 is 0 Å². The zero-order chi connectivity index (χ0) is 13.7. The molecule has 3 N–H and O–H groups in total. The summed E-state index contributed by atoms with van der Waals surface area (Å²) in [6.45, 7) is 8.64. The van der Waals surface area contributed by atoms with E-state index in [-0.39, 0.29) is 6.04 Å². The van der Waals surface area contributed by atoms with Crippen LogP contribution in [0.3, 0.4) is 0 Å². The quantitative estimate of drug-likeness (QED) is 0.602. The lowest BCUT2D eigenvalue weighted by molar-refractivity contribution is 0.385. The summed E-state index contributed by atoms with van der Waals surface area (Å²) in [5, 5.41) is 0. The van der Waals surface area contributed by atoms with Gasteiger partial charge in [0.2, 0.25) is 0 Å². The summed E-state index contributed by atoms with van der Waals surface area (Å²) < 4.78 is 5.55. The summed E-state index contributed by atoms with van der Waals surface area (Å²) in [6.07, 6.45) is 2.16. The minimum atomic E-state index is 0.154. The van der Waals surface area contributed by atoms with E-state index in [1.807, 2.05) is 0 Å². The average Bonchev–Trinajstić information content (AvgIpc) is 2.34. The van der Waals surface area contributed by atoms with Gasteiger partial charge in [-0.15, -0.1) is 0 Å².